The summed E-state index contributed by atoms with van der Waals surface area (Å²) in [7, 11) is 3.53. The first-order valence-electron chi connectivity index (χ1n) is 9.75. The molecular weight excluding hydrogens is 336 g/mol. The fourth-order valence-electron chi connectivity index (χ4n) is 3.89. The van der Waals surface area contributed by atoms with E-state index < -0.39 is 0 Å². The van der Waals surface area contributed by atoms with Gasteiger partial charge in [0.1, 0.15) is 5.75 Å². The van der Waals surface area contributed by atoms with Crippen molar-refractivity contribution in [2.75, 3.05) is 20.7 Å². The molecule has 27 heavy (non-hydrogen) atoms. The highest BCUT2D eigenvalue weighted by atomic mass is 16.5. The zero-order chi connectivity index (χ0) is 19.0. The zero-order valence-corrected chi connectivity index (χ0v) is 16.4. The van der Waals surface area contributed by atoms with Crippen LogP contribution in [0, 0.1) is 0 Å². The van der Waals surface area contributed by atoms with Crippen molar-refractivity contribution in [3.8, 4) is 5.75 Å². The van der Waals surface area contributed by atoms with Crippen molar-refractivity contribution in [1.29, 1.82) is 0 Å². The van der Waals surface area contributed by atoms with Crippen LogP contribution in [0.1, 0.15) is 43.4 Å². The van der Waals surface area contributed by atoms with Gasteiger partial charge in [0.05, 0.1) is 19.3 Å². The van der Waals surface area contributed by atoms with E-state index in [-0.39, 0.29) is 5.41 Å². The minimum absolute atomic E-state index is 0.146. The van der Waals surface area contributed by atoms with Gasteiger partial charge in [-0.1, -0.05) is 37.5 Å². The first-order valence-corrected chi connectivity index (χ1v) is 9.75. The highest BCUT2D eigenvalue weighted by molar-refractivity contribution is 5.79. The topological polar surface area (TPSA) is 58.5 Å². The number of guanidine groups is 1. The Labute approximate surface area is 162 Å². The third kappa shape index (κ3) is 5.00. The molecule has 0 radical (unpaired) electrons. The van der Waals surface area contributed by atoms with E-state index in [1.54, 1.807) is 7.11 Å². The predicted molar refractivity (Wildman–Crippen MR) is 110 cm³/mol. The Morgan fingerprint density at radius 3 is 2.48 bits per heavy atom. The fraction of sp³-hybridized carbons (Fsp3) is 0.455. The molecule has 1 aliphatic rings. The molecule has 0 saturated heterocycles. The third-order valence-corrected chi connectivity index (χ3v) is 5.49. The van der Waals surface area contributed by atoms with Crippen LogP contribution in [0.4, 0.5) is 0 Å². The van der Waals surface area contributed by atoms with Gasteiger partial charge in [-0.25, -0.2) is 0 Å². The molecule has 1 fully saturated rings. The van der Waals surface area contributed by atoms with Gasteiger partial charge in [-0.3, -0.25) is 9.98 Å². The van der Waals surface area contributed by atoms with Crippen molar-refractivity contribution in [3.05, 3.63) is 59.9 Å². The van der Waals surface area contributed by atoms with Crippen molar-refractivity contribution < 1.29 is 4.74 Å². The van der Waals surface area contributed by atoms with Crippen LogP contribution in [0.5, 0.6) is 5.75 Å². The number of methoxy groups -OCH3 is 1. The Kier molecular flexibility index (Phi) is 6.69. The quantitative estimate of drug-likeness (QED) is 0.605. The molecule has 144 valence electrons. The number of hydrogen-bond donors (Lipinski definition) is 2. The summed E-state index contributed by atoms with van der Waals surface area (Å²) in [5.74, 6) is 1.73. The van der Waals surface area contributed by atoms with E-state index in [0.717, 1.165) is 23.9 Å². The van der Waals surface area contributed by atoms with Gasteiger partial charge in [0.15, 0.2) is 5.96 Å². The van der Waals surface area contributed by atoms with E-state index in [0.29, 0.717) is 6.54 Å². The molecule has 0 aliphatic heterocycles. The lowest BCUT2D eigenvalue weighted by atomic mass is 9.69. The van der Waals surface area contributed by atoms with Gasteiger partial charge < -0.3 is 15.4 Å². The average molecular weight is 367 g/mol. The largest absolute Gasteiger partial charge is 0.497 e. The lowest BCUT2D eigenvalue weighted by Gasteiger charge is -2.38. The molecular formula is C22H30N4O. The van der Waals surface area contributed by atoms with E-state index >= 15 is 0 Å². The molecule has 5 heteroatoms. The Balaban J connectivity index is 1.66. The first-order chi connectivity index (χ1) is 13.3. The van der Waals surface area contributed by atoms with Crippen molar-refractivity contribution >= 4 is 5.96 Å². The van der Waals surface area contributed by atoms with Crippen molar-refractivity contribution in [2.45, 2.75) is 44.1 Å². The summed E-state index contributed by atoms with van der Waals surface area (Å²) in [5, 5.41) is 6.93. The fourth-order valence-corrected chi connectivity index (χ4v) is 3.89. The maximum absolute atomic E-state index is 5.33. The summed E-state index contributed by atoms with van der Waals surface area (Å²) in [4.78, 5) is 8.74. The summed E-state index contributed by atoms with van der Waals surface area (Å²) < 4.78 is 5.33. The standard InChI is InChI=1S/C22H30N4O/c1-23-21(25-16-19-8-4-7-15-24-19)26-17-22(13-5-3-6-14-22)18-9-11-20(27-2)12-10-18/h4,7-12,15H,3,5-6,13-14,16-17H2,1-2H3,(H2,23,25,26). The molecule has 1 aromatic heterocycles. The summed E-state index contributed by atoms with van der Waals surface area (Å²) >= 11 is 0. The number of aromatic nitrogens is 1. The average Bonchev–Trinajstić information content (AvgIpc) is 2.75. The highest BCUT2D eigenvalue weighted by Gasteiger charge is 2.34. The Bertz CT molecular complexity index is 722. The lowest BCUT2D eigenvalue weighted by Crippen LogP contribution is -2.46. The molecule has 1 saturated carbocycles. The van der Waals surface area contributed by atoms with Crippen LogP contribution in [0.2, 0.25) is 0 Å². The maximum Gasteiger partial charge on any atom is 0.191 e. The minimum atomic E-state index is 0.146. The number of nitrogens with zero attached hydrogens (tertiary/aromatic N) is 2. The highest BCUT2D eigenvalue weighted by Crippen LogP contribution is 2.39. The van der Waals surface area contributed by atoms with Crippen LogP contribution in [0.15, 0.2) is 53.7 Å². The number of hydrogen-bond acceptors (Lipinski definition) is 3. The van der Waals surface area contributed by atoms with Crippen LogP contribution in [-0.4, -0.2) is 31.6 Å². The lowest BCUT2D eigenvalue weighted by molar-refractivity contribution is 0.291. The van der Waals surface area contributed by atoms with E-state index in [9.17, 15) is 0 Å². The van der Waals surface area contributed by atoms with Gasteiger partial charge in [0.25, 0.3) is 0 Å². The Hall–Kier alpha value is -2.56. The SMILES string of the molecule is CN=C(NCc1ccccn1)NCC1(c2ccc(OC)cc2)CCCCC1. The van der Waals surface area contributed by atoms with Gasteiger partial charge in [0, 0.05) is 25.2 Å². The van der Waals surface area contributed by atoms with Crippen LogP contribution in [-0.2, 0) is 12.0 Å². The number of pyridine rings is 1. The summed E-state index contributed by atoms with van der Waals surface area (Å²) in [6.07, 6.45) is 8.08. The van der Waals surface area contributed by atoms with Crippen LogP contribution >= 0.6 is 0 Å². The molecule has 0 spiro atoms. The predicted octanol–water partition coefficient (Wildman–Crippen LogP) is 3.66. The summed E-state index contributed by atoms with van der Waals surface area (Å²) in [5.41, 5.74) is 2.53. The van der Waals surface area contributed by atoms with E-state index in [1.807, 2.05) is 31.4 Å². The zero-order valence-electron chi connectivity index (χ0n) is 16.4. The van der Waals surface area contributed by atoms with E-state index in [2.05, 4.69) is 44.9 Å². The van der Waals surface area contributed by atoms with E-state index in [4.69, 9.17) is 4.74 Å². The van der Waals surface area contributed by atoms with Crippen molar-refractivity contribution in [2.24, 2.45) is 4.99 Å². The molecule has 0 amide bonds. The second kappa shape index (κ2) is 9.40. The van der Waals surface area contributed by atoms with Gasteiger partial charge in [-0.2, -0.15) is 0 Å². The second-order valence-corrected chi connectivity index (χ2v) is 7.17. The molecule has 1 aliphatic carbocycles. The molecule has 2 aromatic rings. The Morgan fingerprint density at radius 1 is 1.07 bits per heavy atom. The van der Waals surface area contributed by atoms with Crippen molar-refractivity contribution in [3.63, 3.8) is 0 Å². The number of rotatable bonds is 6. The third-order valence-electron chi connectivity index (χ3n) is 5.49. The number of ether oxygens (including phenoxy) is 1. The molecule has 1 heterocycles. The molecule has 2 N–H and O–H groups in total. The molecule has 0 bridgehead atoms. The number of benzene rings is 1. The maximum atomic E-state index is 5.33. The molecule has 1 aromatic carbocycles. The van der Waals surface area contributed by atoms with E-state index in [1.165, 1.54) is 37.7 Å². The number of aliphatic imine (C=N–C) groups is 1. The van der Waals surface area contributed by atoms with Gasteiger partial charge in [-0.05, 0) is 42.7 Å². The smallest absolute Gasteiger partial charge is 0.191 e. The first kappa shape index (κ1) is 19.2. The van der Waals surface area contributed by atoms with Gasteiger partial charge in [0.2, 0.25) is 0 Å². The molecule has 0 unspecified atom stereocenters. The number of nitrogens with one attached hydrogen (secondary N) is 2. The van der Waals surface area contributed by atoms with Crippen LogP contribution in [0.25, 0.3) is 0 Å². The minimum Gasteiger partial charge on any atom is -0.497 e. The van der Waals surface area contributed by atoms with Crippen LogP contribution < -0.4 is 15.4 Å². The Morgan fingerprint density at radius 2 is 1.85 bits per heavy atom. The summed E-state index contributed by atoms with van der Waals surface area (Å²) in [6.45, 7) is 1.54. The second-order valence-electron chi connectivity index (χ2n) is 7.17. The van der Waals surface area contributed by atoms with Crippen LogP contribution in [0.3, 0.4) is 0 Å². The summed E-state index contributed by atoms with van der Waals surface area (Å²) in [6, 6.07) is 14.5. The monoisotopic (exact) mass is 366 g/mol. The van der Waals surface area contributed by atoms with Crippen molar-refractivity contribution in [1.82, 2.24) is 15.6 Å². The van der Waals surface area contributed by atoms with Gasteiger partial charge >= 0.3 is 0 Å². The van der Waals surface area contributed by atoms with Gasteiger partial charge in [-0.15, -0.1) is 0 Å². The molecule has 0 atom stereocenters. The molecule has 5 nitrogen and oxygen atoms in total. The normalized spacial score (nSPS) is 16.6. The molecule has 3 rings (SSSR count).